The molecule has 0 saturated heterocycles. The summed E-state index contributed by atoms with van der Waals surface area (Å²) in [5.41, 5.74) is 7.61. The van der Waals surface area contributed by atoms with Crippen LogP contribution in [-0.4, -0.2) is 22.1 Å². The number of ether oxygens (including phenoxy) is 1. The van der Waals surface area contributed by atoms with Crippen LogP contribution in [0.15, 0.2) is 42.6 Å². The standard InChI is InChI=1S/C15H15N5O/c1-21-13-8-10(6-7-17-13)9-18-14-11-4-2-3-5-12(11)19-15(16)20-14/h2-8H,9H2,1H3,(H3,16,18,19,20). The maximum Gasteiger partial charge on any atom is 0.222 e. The lowest BCUT2D eigenvalue weighted by molar-refractivity contribution is 0.397. The molecule has 3 N–H and O–H groups in total. The number of aromatic nitrogens is 3. The number of hydrogen-bond acceptors (Lipinski definition) is 6. The van der Waals surface area contributed by atoms with Gasteiger partial charge < -0.3 is 15.8 Å². The van der Waals surface area contributed by atoms with Crippen molar-refractivity contribution >= 4 is 22.7 Å². The molecule has 3 aromatic rings. The Morgan fingerprint density at radius 3 is 2.90 bits per heavy atom. The van der Waals surface area contributed by atoms with Gasteiger partial charge in [0.2, 0.25) is 11.8 Å². The maximum atomic E-state index is 5.75. The van der Waals surface area contributed by atoms with Crippen LogP contribution in [0, 0.1) is 0 Å². The largest absolute Gasteiger partial charge is 0.481 e. The van der Waals surface area contributed by atoms with Crippen molar-refractivity contribution in [3.63, 3.8) is 0 Å². The van der Waals surface area contributed by atoms with Crippen LogP contribution in [-0.2, 0) is 6.54 Å². The van der Waals surface area contributed by atoms with Crippen molar-refractivity contribution in [3.05, 3.63) is 48.2 Å². The molecule has 0 aliphatic carbocycles. The number of benzene rings is 1. The van der Waals surface area contributed by atoms with E-state index < -0.39 is 0 Å². The topological polar surface area (TPSA) is 86.0 Å². The molecule has 0 fully saturated rings. The number of methoxy groups -OCH3 is 1. The van der Waals surface area contributed by atoms with Gasteiger partial charge in [0.05, 0.1) is 12.6 Å². The van der Waals surface area contributed by atoms with Gasteiger partial charge in [0.15, 0.2) is 0 Å². The zero-order valence-corrected chi connectivity index (χ0v) is 11.6. The zero-order valence-electron chi connectivity index (χ0n) is 11.6. The minimum atomic E-state index is 0.253. The van der Waals surface area contributed by atoms with Crippen molar-refractivity contribution in [2.45, 2.75) is 6.54 Å². The average molecular weight is 281 g/mol. The molecule has 6 heteroatoms. The lowest BCUT2D eigenvalue weighted by atomic mass is 10.2. The van der Waals surface area contributed by atoms with Gasteiger partial charge in [0, 0.05) is 24.2 Å². The number of fused-ring (bicyclic) bond motifs is 1. The second-order valence-electron chi connectivity index (χ2n) is 4.51. The van der Waals surface area contributed by atoms with Crippen molar-refractivity contribution < 1.29 is 4.74 Å². The molecule has 6 nitrogen and oxygen atoms in total. The normalized spacial score (nSPS) is 10.5. The summed E-state index contributed by atoms with van der Waals surface area (Å²) in [7, 11) is 1.60. The summed E-state index contributed by atoms with van der Waals surface area (Å²) >= 11 is 0. The fraction of sp³-hybridized carbons (Fsp3) is 0.133. The van der Waals surface area contributed by atoms with Crippen LogP contribution in [0.3, 0.4) is 0 Å². The summed E-state index contributed by atoms with van der Waals surface area (Å²) in [6.45, 7) is 0.597. The number of nitrogens with two attached hydrogens (primary N) is 1. The summed E-state index contributed by atoms with van der Waals surface area (Å²) in [4.78, 5) is 12.6. The summed E-state index contributed by atoms with van der Waals surface area (Å²) in [5, 5.41) is 4.22. The molecule has 0 unspecified atom stereocenters. The van der Waals surface area contributed by atoms with Crippen LogP contribution in [0.1, 0.15) is 5.56 Å². The first-order chi connectivity index (χ1) is 10.3. The monoisotopic (exact) mass is 281 g/mol. The Labute approximate surface area is 122 Å². The summed E-state index contributed by atoms with van der Waals surface area (Å²) < 4.78 is 5.11. The number of pyridine rings is 1. The first-order valence-corrected chi connectivity index (χ1v) is 6.51. The van der Waals surface area contributed by atoms with E-state index in [-0.39, 0.29) is 5.95 Å². The Morgan fingerprint density at radius 2 is 2.05 bits per heavy atom. The first-order valence-electron chi connectivity index (χ1n) is 6.51. The van der Waals surface area contributed by atoms with E-state index >= 15 is 0 Å². The van der Waals surface area contributed by atoms with E-state index in [1.165, 1.54) is 0 Å². The number of anilines is 2. The third kappa shape index (κ3) is 2.84. The fourth-order valence-electron chi connectivity index (χ4n) is 2.09. The second-order valence-corrected chi connectivity index (χ2v) is 4.51. The minimum absolute atomic E-state index is 0.253. The third-order valence-corrected chi connectivity index (χ3v) is 3.09. The zero-order chi connectivity index (χ0) is 14.7. The Morgan fingerprint density at radius 1 is 1.19 bits per heavy atom. The molecular formula is C15H15N5O. The van der Waals surface area contributed by atoms with Gasteiger partial charge in [-0.05, 0) is 23.8 Å². The van der Waals surface area contributed by atoms with E-state index in [0.717, 1.165) is 16.5 Å². The predicted molar refractivity (Wildman–Crippen MR) is 82.1 cm³/mol. The SMILES string of the molecule is COc1cc(CNc2nc(N)nc3ccccc23)ccn1. The molecule has 2 heterocycles. The van der Waals surface area contributed by atoms with E-state index in [1.807, 2.05) is 36.4 Å². The predicted octanol–water partition coefficient (Wildman–Crippen LogP) is 2.23. The van der Waals surface area contributed by atoms with Crippen LogP contribution in [0.5, 0.6) is 5.88 Å². The highest BCUT2D eigenvalue weighted by Gasteiger charge is 2.05. The maximum absolute atomic E-state index is 5.75. The number of para-hydroxylation sites is 1. The number of nitrogen functional groups attached to an aromatic ring is 1. The fourth-order valence-corrected chi connectivity index (χ4v) is 2.09. The summed E-state index contributed by atoms with van der Waals surface area (Å²) in [5.74, 6) is 1.55. The number of hydrogen-bond donors (Lipinski definition) is 2. The van der Waals surface area contributed by atoms with Gasteiger partial charge in [-0.3, -0.25) is 0 Å². The van der Waals surface area contributed by atoms with Crippen LogP contribution in [0.25, 0.3) is 10.9 Å². The molecule has 0 radical (unpaired) electrons. The Kier molecular flexibility index (Phi) is 3.51. The van der Waals surface area contributed by atoms with Gasteiger partial charge in [-0.2, -0.15) is 4.98 Å². The number of rotatable bonds is 4. The van der Waals surface area contributed by atoms with Crippen molar-refractivity contribution in [1.29, 1.82) is 0 Å². The quantitative estimate of drug-likeness (QED) is 0.762. The molecular weight excluding hydrogens is 266 g/mol. The molecule has 0 aliphatic heterocycles. The minimum Gasteiger partial charge on any atom is -0.481 e. The molecule has 0 bridgehead atoms. The second kappa shape index (κ2) is 5.62. The Bertz CT molecular complexity index is 775. The Balaban J connectivity index is 1.87. The molecule has 0 spiro atoms. The van der Waals surface area contributed by atoms with Crippen molar-refractivity contribution in [2.75, 3.05) is 18.2 Å². The van der Waals surface area contributed by atoms with Crippen LogP contribution < -0.4 is 15.8 Å². The highest BCUT2D eigenvalue weighted by atomic mass is 16.5. The molecule has 1 aromatic carbocycles. The Hall–Kier alpha value is -2.89. The lowest BCUT2D eigenvalue weighted by Crippen LogP contribution is -2.05. The average Bonchev–Trinajstić information content (AvgIpc) is 2.52. The van der Waals surface area contributed by atoms with E-state index in [0.29, 0.717) is 18.2 Å². The molecule has 0 amide bonds. The van der Waals surface area contributed by atoms with Crippen molar-refractivity contribution in [2.24, 2.45) is 0 Å². The van der Waals surface area contributed by atoms with E-state index in [4.69, 9.17) is 10.5 Å². The van der Waals surface area contributed by atoms with Gasteiger partial charge in [-0.15, -0.1) is 0 Å². The van der Waals surface area contributed by atoms with Gasteiger partial charge in [0.1, 0.15) is 5.82 Å². The first kappa shape index (κ1) is 13.1. The highest BCUT2D eigenvalue weighted by Crippen LogP contribution is 2.21. The summed E-state index contributed by atoms with van der Waals surface area (Å²) in [6, 6.07) is 11.5. The molecule has 0 saturated carbocycles. The highest BCUT2D eigenvalue weighted by molar-refractivity contribution is 5.89. The number of nitrogens with one attached hydrogen (secondary N) is 1. The smallest absolute Gasteiger partial charge is 0.222 e. The van der Waals surface area contributed by atoms with E-state index in [2.05, 4.69) is 20.3 Å². The van der Waals surface area contributed by atoms with Gasteiger partial charge in [-0.25, -0.2) is 9.97 Å². The molecule has 3 rings (SSSR count). The van der Waals surface area contributed by atoms with Gasteiger partial charge >= 0.3 is 0 Å². The molecule has 0 aliphatic rings. The van der Waals surface area contributed by atoms with Crippen LogP contribution in [0.4, 0.5) is 11.8 Å². The lowest BCUT2D eigenvalue weighted by Gasteiger charge is -2.10. The van der Waals surface area contributed by atoms with Gasteiger partial charge in [-0.1, -0.05) is 12.1 Å². The van der Waals surface area contributed by atoms with E-state index in [1.54, 1.807) is 13.3 Å². The van der Waals surface area contributed by atoms with Gasteiger partial charge in [0.25, 0.3) is 0 Å². The molecule has 0 atom stereocenters. The van der Waals surface area contributed by atoms with Crippen LogP contribution in [0.2, 0.25) is 0 Å². The van der Waals surface area contributed by atoms with E-state index in [9.17, 15) is 0 Å². The van der Waals surface area contributed by atoms with Crippen molar-refractivity contribution in [1.82, 2.24) is 15.0 Å². The molecule has 106 valence electrons. The molecule has 21 heavy (non-hydrogen) atoms. The summed E-state index contributed by atoms with van der Waals surface area (Å²) in [6.07, 6.45) is 1.71. The molecule has 2 aromatic heterocycles. The van der Waals surface area contributed by atoms with Crippen LogP contribution >= 0.6 is 0 Å². The van der Waals surface area contributed by atoms with Crippen molar-refractivity contribution in [3.8, 4) is 5.88 Å². The number of nitrogens with zero attached hydrogens (tertiary/aromatic N) is 3. The third-order valence-electron chi connectivity index (χ3n) is 3.09.